The Balaban J connectivity index is 1.61. The minimum atomic E-state index is -0.0826. The van der Waals surface area contributed by atoms with E-state index in [2.05, 4.69) is 20.7 Å². The molecular weight excluding hydrogens is 374 g/mol. The Labute approximate surface area is 159 Å². The van der Waals surface area contributed by atoms with Gasteiger partial charge in [-0.3, -0.25) is 9.59 Å². The van der Waals surface area contributed by atoms with E-state index in [1.807, 2.05) is 6.07 Å². The number of nitrogens with one attached hydrogen (secondary N) is 1. The van der Waals surface area contributed by atoms with Crippen LogP contribution in [0.1, 0.15) is 21.5 Å². The van der Waals surface area contributed by atoms with Crippen LogP contribution in [0, 0.1) is 0 Å². The molecule has 0 spiro atoms. The van der Waals surface area contributed by atoms with Crippen molar-refractivity contribution in [2.75, 3.05) is 6.54 Å². The van der Waals surface area contributed by atoms with Crippen LogP contribution < -0.4 is 5.32 Å². The lowest BCUT2D eigenvalue weighted by Crippen LogP contribution is -2.22. The van der Waals surface area contributed by atoms with Gasteiger partial charge in [-0.25, -0.2) is 0 Å². The van der Waals surface area contributed by atoms with Crippen LogP contribution in [-0.4, -0.2) is 38.4 Å². The highest BCUT2D eigenvalue weighted by Crippen LogP contribution is 2.19. The molecule has 3 aromatic rings. The van der Waals surface area contributed by atoms with Gasteiger partial charge in [0.15, 0.2) is 5.78 Å². The number of benzene rings is 1. The van der Waals surface area contributed by atoms with Crippen molar-refractivity contribution >= 4 is 34.6 Å². The first kappa shape index (κ1) is 18.2. The molecule has 1 N–H and O–H groups in total. The van der Waals surface area contributed by atoms with Gasteiger partial charge in [0, 0.05) is 28.9 Å². The van der Waals surface area contributed by atoms with Crippen LogP contribution in [-0.2, 0) is 17.8 Å². The zero-order valence-corrected chi connectivity index (χ0v) is 15.5. The van der Waals surface area contributed by atoms with Crippen LogP contribution in [0.25, 0.3) is 11.4 Å². The van der Waals surface area contributed by atoms with Gasteiger partial charge >= 0.3 is 0 Å². The molecule has 3 rings (SSSR count). The van der Waals surface area contributed by atoms with Gasteiger partial charge < -0.3 is 5.32 Å². The maximum absolute atomic E-state index is 12.4. The number of halogens is 1. The summed E-state index contributed by atoms with van der Waals surface area (Å²) in [5.74, 6) is 0.295. The number of nitrogens with zero attached hydrogens (tertiary/aromatic N) is 4. The van der Waals surface area contributed by atoms with Crippen LogP contribution in [0.3, 0.4) is 0 Å². The third kappa shape index (κ3) is 4.74. The molecule has 0 aliphatic carbocycles. The number of Topliss-reactive ketones (excluding diaryl/α,β-unsaturated/α-hetero) is 1. The summed E-state index contributed by atoms with van der Waals surface area (Å²) in [6, 6.07) is 10.8. The Morgan fingerprint density at radius 3 is 2.69 bits per heavy atom. The molecule has 0 aliphatic rings. The fourth-order valence-electron chi connectivity index (χ4n) is 2.25. The van der Waals surface area contributed by atoms with E-state index in [-0.39, 0.29) is 18.2 Å². The lowest BCUT2D eigenvalue weighted by molar-refractivity contribution is -0.118. The number of tetrazole rings is 1. The van der Waals surface area contributed by atoms with E-state index in [0.29, 0.717) is 28.7 Å². The molecule has 2 aromatic heterocycles. The number of aromatic nitrogens is 4. The Morgan fingerprint density at radius 1 is 1.19 bits per heavy atom. The zero-order chi connectivity index (χ0) is 18.5. The van der Waals surface area contributed by atoms with E-state index in [1.165, 1.54) is 23.1 Å². The lowest BCUT2D eigenvalue weighted by Gasteiger charge is -1.99. The van der Waals surface area contributed by atoms with Crippen molar-refractivity contribution in [3.63, 3.8) is 0 Å². The second-order valence-corrected chi connectivity index (χ2v) is 7.18. The van der Waals surface area contributed by atoms with Crippen LogP contribution in [0.4, 0.5) is 0 Å². The minimum Gasteiger partial charge on any atom is -0.356 e. The second kappa shape index (κ2) is 8.20. The highest BCUT2D eigenvalue weighted by molar-refractivity contribution is 7.14. The average molecular weight is 390 g/mol. The maximum Gasteiger partial charge on any atom is 0.216 e. The standard InChI is InChI=1S/C17H16ClN5O2S/c1-11(24)19-9-8-14-6-7-16(26-14)15(25)10-23-21-17(20-22-23)12-2-4-13(18)5-3-12/h2-7H,8-10H2,1H3,(H,19,24). The predicted octanol–water partition coefficient (Wildman–Crippen LogP) is 2.62. The van der Waals surface area contributed by atoms with Gasteiger partial charge in [0.2, 0.25) is 11.7 Å². The first-order valence-corrected chi connectivity index (χ1v) is 9.11. The van der Waals surface area contributed by atoms with Gasteiger partial charge in [0.1, 0.15) is 6.54 Å². The molecule has 0 fully saturated rings. The van der Waals surface area contributed by atoms with Crippen molar-refractivity contribution in [3.05, 3.63) is 51.2 Å². The van der Waals surface area contributed by atoms with Gasteiger partial charge in [0.25, 0.3) is 0 Å². The number of thiophene rings is 1. The van der Waals surface area contributed by atoms with Crippen molar-refractivity contribution in [2.45, 2.75) is 19.9 Å². The van der Waals surface area contributed by atoms with E-state index in [4.69, 9.17) is 11.6 Å². The highest BCUT2D eigenvalue weighted by atomic mass is 35.5. The van der Waals surface area contributed by atoms with Gasteiger partial charge in [0.05, 0.1) is 4.88 Å². The molecule has 0 aliphatic heterocycles. The summed E-state index contributed by atoms with van der Waals surface area (Å²) in [6.45, 7) is 2.05. The molecular formula is C17H16ClN5O2S. The third-order valence-corrected chi connectivity index (χ3v) is 4.96. The van der Waals surface area contributed by atoms with Gasteiger partial charge in [-0.2, -0.15) is 4.80 Å². The number of hydrogen-bond donors (Lipinski definition) is 1. The number of ketones is 1. The molecule has 0 atom stereocenters. The maximum atomic E-state index is 12.4. The van der Waals surface area contributed by atoms with Crippen LogP contribution in [0.2, 0.25) is 5.02 Å². The molecule has 9 heteroatoms. The summed E-state index contributed by atoms with van der Waals surface area (Å²) < 4.78 is 0. The van der Waals surface area contributed by atoms with Crippen molar-refractivity contribution < 1.29 is 9.59 Å². The molecule has 0 saturated heterocycles. The van der Waals surface area contributed by atoms with Crippen LogP contribution in [0.5, 0.6) is 0 Å². The van der Waals surface area contributed by atoms with Gasteiger partial charge in [-0.05, 0) is 48.0 Å². The zero-order valence-electron chi connectivity index (χ0n) is 14.0. The molecule has 26 heavy (non-hydrogen) atoms. The monoisotopic (exact) mass is 389 g/mol. The van der Waals surface area contributed by atoms with Crippen molar-refractivity contribution in [3.8, 4) is 11.4 Å². The lowest BCUT2D eigenvalue weighted by atomic mass is 10.2. The fraction of sp³-hybridized carbons (Fsp3) is 0.235. The van der Waals surface area contributed by atoms with Gasteiger partial charge in [-0.1, -0.05) is 11.6 Å². The number of hydrogen-bond acceptors (Lipinski definition) is 6. The Kier molecular flexibility index (Phi) is 5.75. The number of carbonyl (C=O) groups is 2. The molecule has 1 aromatic carbocycles. The molecule has 1 amide bonds. The summed E-state index contributed by atoms with van der Waals surface area (Å²) >= 11 is 7.28. The first-order chi connectivity index (χ1) is 12.5. The highest BCUT2D eigenvalue weighted by Gasteiger charge is 2.13. The quantitative estimate of drug-likeness (QED) is 0.627. The summed E-state index contributed by atoms with van der Waals surface area (Å²) in [5.41, 5.74) is 0.782. The summed E-state index contributed by atoms with van der Waals surface area (Å²) in [5, 5.41) is 15.5. The third-order valence-electron chi connectivity index (χ3n) is 3.52. The summed E-state index contributed by atoms with van der Waals surface area (Å²) in [6.07, 6.45) is 0.694. The smallest absolute Gasteiger partial charge is 0.216 e. The molecule has 0 unspecified atom stereocenters. The number of amides is 1. The van der Waals surface area contributed by atoms with E-state index in [1.54, 1.807) is 30.3 Å². The molecule has 2 heterocycles. The second-order valence-electron chi connectivity index (χ2n) is 5.57. The fourth-order valence-corrected chi connectivity index (χ4v) is 3.32. The first-order valence-electron chi connectivity index (χ1n) is 7.91. The Hall–Kier alpha value is -2.58. The normalized spacial score (nSPS) is 10.7. The van der Waals surface area contributed by atoms with E-state index in [0.717, 1.165) is 10.4 Å². The molecule has 0 radical (unpaired) electrons. The van der Waals surface area contributed by atoms with Crippen molar-refractivity contribution in [1.82, 2.24) is 25.5 Å². The van der Waals surface area contributed by atoms with E-state index in [9.17, 15) is 9.59 Å². The van der Waals surface area contributed by atoms with Crippen LogP contribution in [0.15, 0.2) is 36.4 Å². The number of carbonyl (C=O) groups excluding carboxylic acids is 2. The molecule has 134 valence electrons. The largest absolute Gasteiger partial charge is 0.356 e. The number of rotatable bonds is 7. The van der Waals surface area contributed by atoms with E-state index < -0.39 is 0 Å². The molecule has 7 nitrogen and oxygen atoms in total. The Morgan fingerprint density at radius 2 is 1.96 bits per heavy atom. The Bertz CT molecular complexity index is 919. The molecule has 0 saturated carbocycles. The minimum absolute atomic E-state index is 0.0201. The topological polar surface area (TPSA) is 89.8 Å². The summed E-state index contributed by atoms with van der Waals surface area (Å²) in [4.78, 5) is 26.2. The average Bonchev–Trinajstić information content (AvgIpc) is 3.25. The summed E-state index contributed by atoms with van der Waals surface area (Å²) in [7, 11) is 0. The van der Waals surface area contributed by atoms with Crippen LogP contribution >= 0.6 is 22.9 Å². The molecule has 0 bridgehead atoms. The van der Waals surface area contributed by atoms with E-state index >= 15 is 0 Å². The SMILES string of the molecule is CC(=O)NCCc1ccc(C(=O)Cn2nnc(-c3ccc(Cl)cc3)n2)s1. The predicted molar refractivity (Wildman–Crippen MR) is 99.3 cm³/mol. The van der Waals surface area contributed by atoms with Crippen molar-refractivity contribution in [2.24, 2.45) is 0 Å². The van der Waals surface area contributed by atoms with Gasteiger partial charge in [-0.15, -0.1) is 21.5 Å². The van der Waals surface area contributed by atoms with Crippen molar-refractivity contribution in [1.29, 1.82) is 0 Å².